The lowest BCUT2D eigenvalue weighted by molar-refractivity contribution is 0.476. The molecule has 4 atom stereocenters. The molecule has 0 spiro atoms. The van der Waals surface area contributed by atoms with E-state index in [1.165, 1.54) is 11.4 Å². The van der Waals surface area contributed by atoms with Crippen molar-refractivity contribution in [1.82, 2.24) is 4.98 Å². The average molecular weight is 332 g/mol. The van der Waals surface area contributed by atoms with E-state index in [2.05, 4.69) is 54.9 Å². The second-order valence-corrected chi connectivity index (χ2v) is 7.98. The third kappa shape index (κ3) is 3.19. The Balaban J connectivity index is 0.000000829. The van der Waals surface area contributed by atoms with Gasteiger partial charge in [-0.1, -0.05) is 49.8 Å². The number of hydrogen-bond acceptors (Lipinski definition) is 2. The molecule has 1 aliphatic rings. The summed E-state index contributed by atoms with van der Waals surface area (Å²) >= 11 is 0. The first kappa shape index (κ1) is 20.2. The molecule has 0 fully saturated rings. The maximum absolute atomic E-state index is 4.59. The predicted octanol–water partition coefficient (Wildman–Crippen LogP) is 5.25. The monoisotopic (exact) mass is 332 g/mol. The Morgan fingerprint density at radius 1 is 1.25 bits per heavy atom. The Bertz CT molecular complexity index is 410. The summed E-state index contributed by atoms with van der Waals surface area (Å²) < 4.78 is 0. The second-order valence-electron chi connectivity index (χ2n) is 4.65. The van der Waals surface area contributed by atoms with Gasteiger partial charge in [-0.2, -0.15) is 0 Å². The van der Waals surface area contributed by atoms with Gasteiger partial charge >= 0.3 is 0 Å². The minimum Gasteiger partial charge on any atom is -0.357 e. The standard InChI is InChI=1S/C11H19N2P3.2C2H6/c1-4-13-8-6-5-7-12-9(8)10(2,3)11(13,14)16-15;2*1-2/h5-7,16H,4,14-15H2,1-3H3;2*1-2H3. The van der Waals surface area contributed by atoms with Crippen LogP contribution in [0.5, 0.6) is 0 Å². The van der Waals surface area contributed by atoms with Crippen molar-refractivity contribution < 1.29 is 0 Å². The molecule has 0 bridgehead atoms. The Hall–Kier alpha value is 0.240. The Labute approximate surface area is 132 Å². The molecule has 0 amide bonds. The molecule has 1 aromatic heterocycles. The van der Waals surface area contributed by atoms with Gasteiger partial charge in [-0.25, -0.2) is 0 Å². The van der Waals surface area contributed by atoms with Crippen LogP contribution in [0, 0.1) is 0 Å². The minimum atomic E-state index is 0.0739. The highest BCUT2D eigenvalue weighted by Crippen LogP contribution is 2.63. The lowest BCUT2D eigenvalue weighted by atomic mass is 9.90. The zero-order chi connectivity index (χ0) is 16.0. The Morgan fingerprint density at radius 3 is 2.25 bits per heavy atom. The van der Waals surface area contributed by atoms with E-state index in [1.54, 1.807) is 0 Å². The molecule has 20 heavy (non-hydrogen) atoms. The van der Waals surface area contributed by atoms with Crippen molar-refractivity contribution in [2.45, 2.75) is 58.9 Å². The maximum atomic E-state index is 4.59. The Morgan fingerprint density at radius 2 is 1.80 bits per heavy atom. The normalized spacial score (nSPS) is 22.8. The van der Waals surface area contributed by atoms with Crippen molar-refractivity contribution in [2.24, 2.45) is 0 Å². The van der Waals surface area contributed by atoms with E-state index in [-0.39, 0.29) is 10.4 Å². The molecule has 116 valence electrons. The molecule has 0 saturated heterocycles. The van der Waals surface area contributed by atoms with E-state index in [1.807, 2.05) is 40.0 Å². The molecule has 0 radical (unpaired) electrons. The molecule has 1 aromatic rings. The first-order valence-electron chi connectivity index (χ1n) is 7.49. The molecule has 0 saturated carbocycles. The molecule has 1 aliphatic heterocycles. The molecular formula is C15H31N2P3. The molecule has 2 heterocycles. The number of rotatable bonds is 2. The molecule has 0 aromatic carbocycles. The predicted molar refractivity (Wildman–Crippen MR) is 103 cm³/mol. The number of pyridine rings is 1. The summed E-state index contributed by atoms with van der Waals surface area (Å²) in [5, 5.41) is 0.0864. The van der Waals surface area contributed by atoms with Crippen LogP contribution >= 0.6 is 26.4 Å². The molecule has 5 heteroatoms. The van der Waals surface area contributed by atoms with E-state index in [4.69, 9.17) is 0 Å². The molecule has 2 rings (SSSR count). The summed E-state index contributed by atoms with van der Waals surface area (Å²) in [7, 11) is 6.73. The fourth-order valence-corrected chi connectivity index (χ4v) is 5.40. The van der Waals surface area contributed by atoms with Gasteiger partial charge in [-0.05, 0) is 19.1 Å². The van der Waals surface area contributed by atoms with Gasteiger partial charge in [-0.3, -0.25) is 4.98 Å². The van der Waals surface area contributed by atoms with Crippen molar-refractivity contribution in [2.75, 3.05) is 11.4 Å². The van der Waals surface area contributed by atoms with Crippen molar-refractivity contribution in [1.29, 1.82) is 0 Å². The number of anilines is 1. The molecule has 0 aliphatic carbocycles. The summed E-state index contributed by atoms with van der Waals surface area (Å²) in [5.41, 5.74) is 2.59. The Kier molecular flexibility index (Phi) is 8.73. The quantitative estimate of drug-likeness (QED) is 0.688. The number of likely N-dealkylation sites (N-methyl/N-ethyl adjacent to an activating group) is 1. The minimum absolute atomic E-state index is 0.0739. The van der Waals surface area contributed by atoms with Gasteiger partial charge in [-0.15, -0.1) is 18.2 Å². The van der Waals surface area contributed by atoms with Gasteiger partial charge < -0.3 is 4.90 Å². The lowest BCUT2D eigenvalue weighted by Gasteiger charge is -2.43. The topological polar surface area (TPSA) is 16.1 Å². The first-order valence-corrected chi connectivity index (χ1v) is 10.9. The van der Waals surface area contributed by atoms with Gasteiger partial charge in [0.2, 0.25) is 0 Å². The van der Waals surface area contributed by atoms with Crippen molar-refractivity contribution in [3.8, 4) is 0 Å². The van der Waals surface area contributed by atoms with Gasteiger partial charge in [0.05, 0.1) is 16.4 Å². The van der Waals surface area contributed by atoms with Crippen molar-refractivity contribution in [3.05, 3.63) is 24.0 Å². The van der Waals surface area contributed by atoms with E-state index in [0.717, 1.165) is 14.8 Å². The van der Waals surface area contributed by atoms with Crippen LogP contribution in [0.2, 0.25) is 0 Å². The molecular weight excluding hydrogens is 301 g/mol. The summed E-state index contributed by atoms with van der Waals surface area (Å²) in [4.78, 5) is 7.06. The number of nitrogens with zero attached hydrogens (tertiary/aromatic N) is 2. The highest BCUT2D eigenvalue weighted by molar-refractivity contribution is 8.05. The summed E-state index contributed by atoms with van der Waals surface area (Å²) in [6.45, 7) is 15.8. The molecule has 2 nitrogen and oxygen atoms in total. The van der Waals surface area contributed by atoms with Crippen molar-refractivity contribution >= 4 is 32.1 Å². The summed E-state index contributed by atoms with van der Waals surface area (Å²) in [5.74, 6) is 0. The third-order valence-electron chi connectivity index (χ3n) is 3.58. The van der Waals surface area contributed by atoms with Crippen LogP contribution in [0.15, 0.2) is 18.3 Å². The SMILES string of the molecule is CC.CC.CCN1c2cccnc2C(C)(C)C1(P)PP. The summed E-state index contributed by atoms with van der Waals surface area (Å²) in [6, 6.07) is 4.21. The fourth-order valence-electron chi connectivity index (χ4n) is 2.48. The lowest BCUT2D eigenvalue weighted by Crippen LogP contribution is -2.46. The molecule has 4 unspecified atom stereocenters. The number of fused-ring (bicyclic) bond motifs is 1. The van der Waals surface area contributed by atoms with Crippen LogP contribution in [0.1, 0.15) is 54.2 Å². The van der Waals surface area contributed by atoms with E-state index in [0.29, 0.717) is 0 Å². The zero-order valence-corrected chi connectivity index (χ0v) is 17.3. The number of aromatic nitrogens is 1. The fraction of sp³-hybridized carbons (Fsp3) is 0.667. The van der Waals surface area contributed by atoms with Crippen LogP contribution in [0.25, 0.3) is 0 Å². The first-order chi connectivity index (χ1) is 9.49. The van der Waals surface area contributed by atoms with Crippen LogP contribution in [0.4, 0.5) is 5.69 Å². The van der Waals surface area contributed by atoms with Crippen LogP contribution in [0.3, 0.4) is 0 Å². The van der Waals surface area contributed by atoms with Crippen LogP contribution in [-0.4, -0.2) is 16.5 Å². The van der Waals surface area contributed by atoms with E-state index >= 15 is 0 Å². The third-order valence-corrected chi connectivity index (χ3v) is 8.77. The van der Waals surface area contributed by atoms with Crippen LogP contribution in [-0.2, 0) is 5.41 Å². The maximum Gasteiger partial charge on any atom is 0.0843 e. The average Bonchev–Trinajstić information content (AvgIpc) is 2.68. The smallest absolute Gasteiger partial charge is 0.0843 e. The highest BCUT2D eigenvalue weighted by atomic mass is 32.0. The van der Waals surface area contributed by atoms with Crippen molar-refractivity contribution in [3.63, 3.8) is 0 Å². The van der Waals surface area contributed by atoms with E-state index < -0.39 is 0 Å². The second kappa shape index (κ2) is 8.63. The van der Waals surface area contributed by atoms with Gasteiger partial charge in [0.25, 0.3) is 0 Å². The largest absolute Gasteiger partial charge is 0.357 e. The molecule has 0 N–H and O–H groups in total. The van der Waals surface area contributed by atoms with E-state index in [9.17, 15) is 0 Å². The van der Waals surface area contributed by atoms with Crippen LogP contribution < -0.4 is 4.90 Å². The highest BCUT2D eigenvalue weighted by Gasteiger charge is 2.53. The number of hydrogen-bond donors (Lipinski definition) is 0. The van der Waals surface area contributed by atoms with Gasteiger partial charge in [0.1, 0.15) is 0 Å². The summed E-state index contributed by atoms with van der Waals surface area (Å²) in [6.07, 6.45) is 1.90. The van der Waals surface area contributed by atoms with Gasteiger partial charge in [0, 0.05) is 18.2 Å². The zero-order valence-electron chi connectivity index (χ0n) is 14.0. The van der Waals surface area contributed by atoms with Gasteiger partial charge in [0.15, 0.2) is 0 Å².